The zero-order valence-electron chi connectivity index (χ0n) is 11.2. The molecule has 0 radical (unpaired) electrons. The van der Waals surface area contributed by atoms with E-state index in [0.29, 0.717) is 6.42 Å². The average Bonchev–Trinajstić information content (AvgIpc) is 2.41. The Balaban J connectivity index is 1.96. The Kier molecular flexibility index (Phi) is 3.30. The first-order valence-corrected chi connectivity index (χ1v) is 6.98. The predicted molar refractivity (Wildman–Crippen MR) is 70.2 cm³/mol. The van der Waals surface area contributed by atoms with E-state index in [-0.39, 0.29) is 35.9 Å². The summed E-state index contributed by atoms with van der Waals surface area (Å²) in [5.74, 6) is -3.28. The van der Waals surface area contributed by atoms with E-state index in [0.717, 1.165) is 12.2 Å². The van der Waals surface area contributed by atoms with Gasteiger partial charge < -0.3 is 15.3 Å². The Hall–Kier alpha value is -1.79. The summed E-state index contributed by atoms with van der Waals surface area (Å²) in [5.41, 5.74) is 0.184. The summed E-state index contributed by atoms with van der Waals surface area (Å²) < 4.78 is 0. The SMILES string of the molecule is O=C1C=C(O)C(C2C(O)CC3CC2C(O)CC3=O)=CC1=O. The van der Waals surface area contributed by atoms with E-state index in [4.69, 9.17) is 0 Å². The van der Waals surface area contributed by atoms with Gasteiger partial charge in [-0.25, -0.2) is 0 Å². The highest BCUT2D eigenvalue weighted by atomic mass is 16.3. The molecule has 6 heteroatoms. The van der Waals surface area contributed by atoms with Crippen molar-refractivity contribution in [2.45, 2.75) is 31.5 Å². The average molecular weight is 292 g/mol. The van der Waals surface area contributed by atoms with Gasteiger partial charge in [-0.3, -0.25) is 14.4 Å². The Morgan fingerprint density at radius 3 is 2.33 bits per heavy atom. The topological polar surface area (TPSA) is 112 Å². The van der Waals surface area contributed by atoms with Crippen LogP contribution >= 0.6 is 0 Å². The van der Waals surface area contributed by atoms with E-state index < -0.39 is 35.6 Å². The highest BCUT2D eigenvalue weighted by Crippen LogP contribution is 2.46. The lowest BCUT2D eigenvalue weighted by Crippen LogP contribution is -2.50. The van der Waals surface area contributed by atoms with Crippen molar-refractivity contribution in [2.24, 2.45) is 17.8 Å². The maximum Gasteiger partial charge on any atom is 0.229 e. The molecule has 3 aliphatic rings. The number of ketones is 3. The number of allylic oxidation sites excluding steroid dienone is 3. The van der Waals surface area contributed by atoms with Gasteiger partial charge in [0.25, 0.3) is 0 Å². The van der Waals surface area contributed by atoms with Crippen LogP contribution in [0.25, 0.3) is 0 Å². The van der Waals surface area contributed by atoms with Crippen LogP contribution in [0.2, 0.25) is 0 Å². The van der Waals surface area contributed by atoms with Crippen LogP contribution in [0.15, 0.2) is 23.5 Å². The van der Waals surface area contributed by atoms with E-state index in [2.05, 4.69) is 0 Å². The van der Waals surface area contributed by atoms with Gasteiger partial charge >= 0.3 is 0 Å². The van der Waals surface area contributed by atoms with E-state index in [1.807, 2.05) is 0 Å². The molecule has 112 valence electrons. The molecule has 0 saturated heterocycles. The van der Waals surface area contributed by atoms with Crippen molar-refractivity contribution in [3.8, 4) is 0 Å². The minimum absolute atomic E-state index is 0.0309. The first-order valence-electron chi connectivity index (χ1n) is 6.98. The summed E-state index contributed by atoms with van der Waals surface area (Å²) in [6, 6.07) is 0. The van der Waals surface area contributed by atoms with Crippen molar-refractivity contribution in [2.75, 3.05) is 0 Å². The van der Waals surface area contributed by atoms with Crippen LogP contribution in [0.3, 0.4) is 0 Å². The van der Waals surface area contributed by atoms with Gasteiger partial charge in [0.2, 0.25) is 11.6 Å². The summed E-state index contributed by atoms with van der Waals surface area (Å²) in [5, 5.41) is 30.3. The van der Waals surface area contributed by atoms with Gasteiger partial charge in [0.1, 0.15) is 11.5 Å². The second-order valence-electron chi connectivity index (χ2n) is 6.02. The fourth-order valence-electron chi connectivity index (χ4n) is 3.75. The number of hydrogen-bond acceptors (Lipinski definition) is 6. The van der Waals surface area contributed by atoms with Crippen LogP contribution < -0.4 is 0 Å². The molecule has 0 amide bonds. The monoisotopic (exact) mass is 292 g/mol. The quantitative estimate of drug-likeness (QED) is 0.457. The summed E-state index contributed by atoms with van der Waals surface area (Å²) in [4.78, 5) is 34.5. The largest absolute Gasteiger partial charge is 0.508 e. The third kappa shape index (κ3) is 2.24. The zero-order valence-corrected chi connectivity index (χ0v) is 11.2. The second kappa shape index (κ2) is 4.89. The van der Waals surface area contributed by atoms with E-state index in [1.165, 1.54) is 0 Å². The molecule has 6 nitrogen and oxygen atoms in total. The Morgan fingerprint density at radius 2 is 1.62 bits per heavy atom. The summed E-state index contributed by atoms with van der Waals surface area (Å²) in [6.07, 6.45) is 0.744. The number of rotatable bonds is 1. The number of aliphatic hydroxyl groups excluding tert-OH is 3. The summed E-state index contributed by atoms with van der Waals surface area (Å²) in [7, 11) is 0. The van der Waals surface area contributed by atoms with Crippen molar-refractivity contribution >= 4 is 17.3 Å². The molecule has 2 fully saturated rings. The number of aliphatic hydroxyl groups is 3. The molecule has 5 atom stereocenters. The van der Waals surface area contributed by atoms with Crippen LogP contribution in [0.5, 0.6) is 0 Å². The first kappa shape index (κ1) is 14.2. The molecule has 0 aromatic heterocycles. The molecule has 3 rings (SSSR count). The zero-order chi connectivity index (χ0) is 15.3. The molecule has 2 saturated carbocycles. The molecule has 0 aromatic carbocycles. The predicted octanol–water partition coefficient (Wildman–Crippen LogP) is -0.157. The van der Waals surface area contributed by atoms with Crippen molar-refractivity contribution < 1.29 is 29.7 Å². The van der Waals surface area contributed by atoms with Gasteiger partial charge in [-0.05, 0) is 24.8 Å². The van der Waals surface area contributed by atoms with Gasteiger partial charge in [0.15, 0.2) is 0 Å². The molecule has 0 aliphatic heterocycles. The maximum absolute atomic E-state index is 11.8. The van der Waals surface area contributed by atoms with Crippen molar-refractivity contribution in [3.05, 3.63) is 23.5 Å². The Labute approximate surface area is 120 Å². The highest BCUT2D eigenvalue weighted by molar-refractivity contribution is 6.46. The molecule has 2 bridgehead atoms. The van der Waals surface area contributed by atoms with Crippen LogP contribution in [-0.2, 0) is 14.4 Å². The third-order valence-electron chi connectivity index (χ3n) is 4.77. The molecule has 21 heavy (non-hydrogen) atoms. The number of carbonyl (C=O) groups is 3. The summed E-state index contributed by atoms with van der Waals surface area (Å²) in [6.45, 7) is 0. The molecule has 3 N–H and O–H groups in total. The standard InChI is InChI=1S/C15H16O6/c16-9-4-10(17)7-1-6(9)2-14(21)15(7)8-3-12(19)13(20)5-11(8)18/h3,5-7,10,14-15,17-18,21H,1-2,4H2. The van der Waals surface area contributed by atoms with E-state index in [1.54, 1.807) is 0 Å². The second-order valence-corrected chi connectivity index (χ2v) is 6.02. The molecule has 0 spiro atoms. The molecule has 0 aromatic rings. The minimum atomic E-state index is -0.935. The van der Waals surface area contributed by atoms with Crippen molar-refractivity contribution in [1.29, 1.82) is 0 Å². The number of carbonyl (C=O) groups excluding carboxylic acids is 3. The van der Waals surface area contributed by atoms with Crippen LogP contribution in [0.1, 0.15) is 19.3 Å². The fraction of sp³-hybridized carbons (Fsp3) is 0.533. The fourth-order valence-corrected chi connectivity index (χ4v) is 3.75. The smallest absolute Gasteiger partial charge is 0.229 e. The number of hydrogen-bond donors (Lipinski definition) is 3. The lowest BCUT2D eigenvalue weighted by molar-refractivity contribution is -0.140. The van der Waals surface area contributed by atoms with Crippen molar-refractivity contribution in [1.82, 2.24) is 0 Å². The lowest BCUT2D eigenvalue weighted by Gasteiger charge is -2.45. The van der Waals surface area contributed by atoms with E-state index in [9.17, 15) is 29.7 Å². The molecular weight excluding hydrogens is 276 g/mol. The van der Waals surface area contributed by atoms with Crippen LogP contribution in [0.4, 0.5) is 0 Å². The van der Waals surface area contributed by atoms with Gasteiger partial charge in [-0.15, -0.1) is 0 Å². The molecule has 3 aliphatic carbocycles. The Morgan fingerprint density at radius 1 is 0.952 bits per heavy atom. The van der Waals surface area contributed by atoms with Crippen LogP contribution in [0, 0.1) is 17.8 Å². The van der Waals surface area contributed by atoms with Crippen molar-refractivity contribution in [3.63, 3.8) is 0 Å². The molecular formula is C15H16O6. The number of Topliss-reactive ketones (excluding diaryl/α,β-unsaturated/α-hetero) is 1. The van der Waals surface area contributed by atoms with Crippen LogP contribution in [-0.4, -0.2) is 44.9 Å². The molecule has 5 unspecified atom stereocenters. The normalized spacial score (nSPS) is 39.9. The van der Waals surface area contributed by atoms with E-state index >= 15 is 0 Å². The maximum atomic E-state index is 11.8. The molecule has 0 heterocycles. The lowest BCUT2D eigenvalue weighted by atomic mass is 9.61. The minimum Gasteiger partial charge on any atom is -0.508 e. The first-order chi connectivity index (χ1) is 9.88. The highest BCUT2D eigenvalue weighted by Gasteiger charge is 2.49. The van der Waals surface area contributed by atoms with Gasteiger partial charge in [-0.1, -0.05) is 0 Å². The van der Waals surface area contributed by atoms with Gasteiger partial charge in [0.05, 0.1) is 12.2 Å². The van der Waals surface area contributed by atoms with Gasteiger partial charge in [-0.2, -0.15) is 0 Å². The third-order valence-corrected chi connectivity index (χ3v) is 4.77. The Bertz CT molecular complexity index is 587. The number of fused-ring (bicyclic) bond motifs is 2. The summed E-state index contributed by atoms with van der Waals surface area (Å²) >= 11 is 0. The van der Waals surface area contributed by atoms with Gasteiger partial charge in [0, 0.05) is 29.9 Å².